The molecule has 0 spiro atoms. The minimum atomic E-state index is -0.408. The number of rotatable bonds is 4. The number of thiazole rings is 1. The summed E-state index contributed by atoms with van der Waals surface area (Å²) in [7, 11) is 0. The lowest BCUT2D eigenvalue weighted by Gasteiger charge is -2.20. The van der Waals surface area contributed by atoms with Crippen LogP contribution in [0.5, 0.6) is 0 Å². The summed E-state index contributed by atoms with van der Waals surface area (Å²) in [6, 6.07) is 8.79. The normalized spacial score (nSPS) is 11.9. The summed E-state index contributed by atoms with van der Waals surface area (Å²) in [4.78, 5) is 25.6. The Kier molecular flexibility index (Phi) is 4.88. The zero-order valence-corrected chi connectivity index (χ0v) is 16.7. The smallest absolute Gasteiger partial charge is 0.265 e. The van der Waals surface area contributed by atoms with Crippen LogP contribution < -0.4 is 16.6 Å². The third kappa shape index (κ3) is 3.40. The van der Waals surface area contributed by atoms with Crippen molar-refractivity contribution in [2.75, 3.05) is 11.1 Å². The van der Waals surface area contributed by atoms with E-state index in [1.807, 2.05) is 25.1 Å². The van der Waals surface area contributed by atoms with E-state index in [2.05, 4.69) is 20.3 Å². The van der Waals surface area contributed by atoms with Crippen LogP contribution in [0.15, 0.2) is 46.1 Å². The van der Waals surface area contributed by atoms with Crippen LogP contribution in [0, 0.1) is 11.3 Å². The molecule has 1 atom stereocenters. The zero-order chi connectivity index (χ0) is 20.5. The fraction of sp³-hybridized carbons (Fsp3) is 0.105. The number of nitrogens with zero attached hydrogens (tertiary/aromatic N) is 5. The van der Waals surface area contributed by atoms with Gasteiger partial charge in [-0.25, -0.2) is 9.97 Å². The van der Waals surface area contributed by atoms with Gasteiger partial charge in [0.1, 0.15) is 17.5 Å². The molecule has 1 aromatic carbocycles. The van der Waals surface area contributed by atoms with E-state index in [0.29, 0.717) is 27.3 Å². The van der Waals surface area contributed by atoms with E-state index in [0.717, 1.165) is 0 Å². The van der Waals surface area contributed by atoms with E-state index in [9.17, 15) is 10.1 Å². The van der Waals surface area contributed by atoms with Crippen LogP contribution in [0.25, 0.3) is 16.6 Å². The first-order valence-corrected chi connectivity index (χ1v) is 9.83. The van der Waals surface area contributed by atoms with Crippen molar-refractivity contribution in [2.45, 2.75) is 13.0 Å². The third-order valence-corrected chi connectivity index (χ3v) is 5.29. The Labute approximate surface area is 174 Å². The summed E-state index contributed by atoms with van der Waals surface area (Å²) in [5, 5.41) is 15.8. The molecular weight excluding hydrogens is 410 g/mol. The number of anilines is 2. The van der Waals surface area contributed by atoms with Crippen LogP contribution in [-0.4, -0.2) is 19.5 Å². The first-order chi connectivity index (χ1) is 14.0. The fourth-order valence-electron chi connectivity index (χ4n) is 3.08. The number of nitrogens with one attached hydrogen (secondary N) is 1. The second-order valence-corrected chi connectivity index (χ2v) is 7.35. The van der Waals surface area contributed by atoms with Crippen molar-refractivity contribution in [1.82, 2.24) is 19.5 Å². The lowest BCUT2D eigenvalue weighted by atomic mass is 10.1. The summed E-state index contributed by atoms with van der Waals surface area (Å²) in [5.74, 6) is 0.824. The van der Waals surface area contributed by atoms with Gasteiger partial charge in [0.05, 0.1) is 33.9 Å². The maximum atomic E-state index is 13.3. The molecule has 0 fully saturated rings. The van der Waals surface area contributed by atoms with Gasteiger partial charge in [0.25, 0.3) is 5.56 Å². The molecule has 0 bridgehead atoms. The molecule has 3 aromatic heterocycles. The Morgan fingerprint density at radius 2 is 2.21 bits per heavy atom. The largest absolute Gasteiger partial charge is 0.368 e. The van der Waals surface area contributed by atoms with E-state index in [1.165, 1.54) is 22.1 Å². The Morgan fingerprint density at radius 3 is 2.93 bits per heavy atom. The van der Waals surface area contributed by atoms with Crippen LogP contribution in [-0.2, 0) is 0 Å². The third-order valence-electron chi connectivity index (χ3n) is 4.40. The van der Waals surface area contributed by atoms with Gasteiger partial charge in [0.2, 0.25) is 5.95 Å². The summed E-state index contributed by atoms with van der Waals surface area (Å²) in [5.41, 5.74) is 7.93. The molecule has 0 amide bonds. The topological polar surface area (TPSA) is 123 Å². The average Bonchev–Trinajstić information content (AvgIpc) is 3.22. The van der Waals surface area contributed by atoms with Gasteiger partial charge >= 0.3 is 0 Å². The number of benzene rings is 1. The average molecular weight is 424 g/mol. The van der Waals surface area contributed by atoms with Crippen LogP contribution in [0.1, 0.15) is 24.2 Å². The number of aromatic nitrogens is 4. The molecule has 8 nitrogen and oxygen atoms in total. The van der Waals surface area contributed by atoms with Crippen molar-refractivity contribution < 1.29 is 0 Å². The summed E-state index contributed by atoms with van der Waals surface area (Å²) < 4.78 is 1.51. The second-order valence-electron chi connectivity index (χ2n) is 6.23. The van der Waals surface area contributed by atoms with Gasteiger partial charge in [-0.2, -0.15) is 10.2 Å². The standard InChI is InChI=1S/C19H14ClN7OS/c1-10(25-17-12(6-21)7-23-19(22)26-17)14-5-11-3-2-4-13(20)16(11)18(28)27(14)15-8-29-9-24-15/h2-5,7-10H,1H3,(H3,22,23,25,26)/t10-/m0/s1. The molecule has 0 saturated heterocycles. The minimum Gasteiger partial charge on any atom is -0.368 e. The monoisotopic (exact) mass is 423 g/mol. The van der Waals surface area contributed by atoms with Crippen LogP contribution in [0.2, 0.25) is 5.02 Å². The number of pyridine rings is 1. The molecule has 3 heterocycles. The number of hydrogen-bond acceptors (Lipinski definition) is 8. The first kappa shape index (κ1) is 18.9. The van der Waals surface area contributed by atoms with Crippen molar-refractivity contribution in [3.8, 4) is 11.9 Å². The van der Waals surface area contributed by atoms with Gasteiger partial charge < -0.3 is 11.1 Å². The number of nitrogen functional groups attached to an aromatic ring is 1. The predicted molar refractivity (Wildman–Crippen MR) is 113 cm³/mol. The number of hydrogen-bond donors (Lipinski definition) is 2. The highest BCUT2D eigenvalue weighted by atomic mass is 35.5. The fourth-order valence-corrected chi connectivity index (χ4v) is 3.86. The minimum absolute atomic E-state index is 0.0425. The van der Waals surface area contributed by atoms with Crippen LogP contribution in [0.4, 0.5) is 11.8 Å². The Bertz CT molecular complexity index is 1310. The highest BCUT2D eigenvalue weighted by Crippen LogP contribution is 2.27. The van der Waals surface area contributed by atoms with Crippen LogP contribution in [0.3, 0.4) is 0 Å². The van der Waals surface area contributed by atoms with Crippen molar-refractivity contribution in [1.29, 1.82) is 5.26 Å². The molecule has 4 aromatic rings. The highest BCUT2D eigenvalue weighted by molar-refractivity contribution is 7.07. The summed E-state index contributed by atoms with van der Waals surface area (Å²) in [6.07, 6.45) is 1.35. The van der Waals surface area contributed by atoms with Crippen molar-refractivity contribution in [3.63, 3.8) is 0 Å². The van der Waals surface area contributed by atoms with Gasteiger partial charge in [-0.05, 0) is 24.4 Å². The number of nitriles is 1. The molecule has 0 unspecified atom stereocenters. The Hall–Kier alpha value is -3.48. The van der Waals surface area contributed by atoms with Crippen molar-refractivity contribution in [2.24, 2.45) is 0 Å². The van der Waals surface area contributed by atoms with E-state index in [-0.39, 0.29) is 22.9 Å². The van der Waals surface area contributed by atoms with Gasteiger partial charge in [0, 0.05) is 5.38 Å². The molecule has 10 heteroatoms. The lowest BCUT2D eigenvalue weighted by Crippen LogP contribution is -2.26. The Balaban J connectivity index is 1.91. The SMILES string of the molecule is C[C@H](Nc1nc(N)ncc1C#N)c1cc2cccc(Cl)c2c(=O)n1-c1cscn1. The Morgan fingerprint density at radius 1 is 1.38 bits per heavy atom. The first-order valence-electron chi connectivity index (χ1n) is 8.51. The van der Waals surface area contributed by atoms with Gasteiger partial charge in [-0.15, -0.1) is 11.3 Å². The highest BCUT2D eigenvalue weighted by Gasteiger charge is 2.20. The van der Waals surface area contributed by atoms with Gasteiger partial charge in [0.15, 0.2) is 5.82 Å². The van der Waals surface area contributed by atoms with E-state index >= 15 is 0 Å². The number of fused-ring (bicyclic) bond motifs is 1. The van der Waals surface area contributed by atoms with Gasteiger partial charge in [-0.1, -0.05) is 23.7 Å². The van der Waals surface area contributed by atoms with E-state index in [4.69, 9.17) is 17.3 Å². The van der Waals surface area contributed by atoms with Crippen molar-refractivity contribution in [3.05, 3.63) is 68.0 Å². The summed E-state index contributed by atoms with van der Waals surface area (Å²) >= 11 is 7.68. The number of halogens is 1. The molecule has 29 heavy (non-hydrogen) atoms. The second kappa shape index (κ2) is 7.50. The molecule has 3 N–H and O–H groups in total. The lowest BCUT2D eigenvalue weighted by molar-refractivity contribution is 0.764. The molecule has 0 aliphatic rings. The maximum absolute atomic E-state index is 13.3. The molecule has 0 aliphatic heterocycles. The molecule has 0 aliphatic carbocycles. The van der Waals surface area contributed by atoms with Crippen molar-refractivity contribution >= 4 is 45.5 Å². The summed E-state index contributed by atoms with van der Waals surface area (Å²) in [6.45, 7) is 1.85. The molecule has 144 valence electrons. The maximum Gasteiger partial charge on any atom is 0.265 e. The zero-order valence-electron chi connectivity index (χ0n) is 15.1. The quantitative estimate of drug-likeness (QED) is 0.514. The molecule has 0 radical (unpaired) electrons. The van der Waals surface area contributed by atoms with E-state index < -0.39 is 6.04 Å². The number of nitrogens with two attached hydrogens (primary N) is 1. The molecular formula is C19H14ClN7OS. The van der Waals surface area contributed by atoms with E-state index in [1.54, 1.807) is 23.0 Å². The van der Waals surface area contributed by atoms with Gasteiger partial charge in [-0.3, -0.25) is 9.36 Å². The van der Waals surface area contributed by atoms with Crippen LogP contribution >= 0.6 is 22.9 Å². The molecule has 4 rings (SSSR count). The predicted octanol–water partition coefficient (Wildman–Crippen LogP) is 3.52. The molecule has 0 saturated carbocycles.